The molecule has 2 rings (SSSR count). The maximum atomic E-state index is 12.0. The lowest BCUT2D eigenvalue weighted by molar-refractivity contribution is 0.469. The summed E-state index contributed by atoms with van der Waals surface area (Å²) in [7, 11) is -3.30. The Kier molecular flexibility index (Phi) is 4.37. The minimum Gasteiger partial charge on any atom is -0.508 e. The zero-order valence-corrected chi connectivity index (χ0v) is 12.5. The molecule has 0 fully saturated rings. The Morgan fingerprint density at radius 2 is 1.90 bits per heavy atom. The first kappa shape index (κ1) is 15.2. The Morgan fingerprint density at radius 3 is 2.62 bits per heavy atom. The highest BCUT2D eigenvalue weighted by Crippen LogP contribution is 2.25. The topological polar surface area (TPSA) is 92.4 Å². The van der Waals surface area contributed by atoms with Crippen molar-refractivity contribution in [2.75, 3.05) is 16.8 Å². The number of hydrogen-bond acceptors (Lipinski definition) is 5. The van der Waals surface area contributed by atoms with E-state index in [1.54, 1.807) is 43.3 Å². The van der Waals surface area contributed by atoms with E-state index in [-0.39, 0.29) is 22.9 Å². The van der Waals surface area contributed by atoms with Crippen LogP contribution in [0.5, 0.6) is 5.75 Å². The lowest BCUT2D eigenvalue weighted by Crippen LogP contribution is -2.09. The molecule has 0 saturated heterocycles. The molecule has 0 aliphatic carbocycles. The molecule has 0 aliphatic heterocycles. The maximum Gasteiger partial charge on any atom is 0.180 e. The van der Waals surface area contributed by atoms with Crippen molar-refractivity contribution >= 4 is 21.2 Å². The molecule has 2 aromatic rings. The van der Waals surface area contributed by atoms with Crippen molar-refractivity contribution in [3.05, 3.63) is 48.0 Å². The second-order valence-electron chi connectivity index (χ2n) is 4.64. The van der Waals surface area contributed by atoms with Crippen LogP contribution in [0.3, 0.4) is 0 Å². The summed E-state index contributed by atoms with van der Waals surface area (Å²) >= 11 is 0. The lowest BCUT2D eigenvalue weighted by Gasteiger charge is -2.13. The summed E-state index contributed by atoms with van der Waals surface area (Å²) in [4.78, 5) is 0.260. The normalized spacial score (nSPS) is 11.3. The van der Waals surface area contributed by atoms with E-state index in [0.29, 0.717) is 16.9 Å². The molecule has 0 saturated carbocycles. The van der Waals surface area contributed by atoms with Crippen molar-refractivity contribution in [2.24, 2.45) is 0 Å². The van der Waals surface area contributed by atoms with E-state index < -0.39 is 9.84 Å². The van der Waals surface area contributed by atoms with Crippen LogP contribution in [0.1, 0.15) is 12.5 Å². The van der Waals surface area contributed by atoms with Gasteiger partial charge in [0.15, 0.2) is 9.84 Å². The molecule has 5 nitrogen and oxygen atoms in total. The summed E-state index contributed by atoms with van der Waals surface area (Å²) < 4.78 is 24.1. The van der Waals surface area contributed by atoms with Gasteiger partial charge in [0.05, 0.1) is 16.3 Å². The number of hydrogen-bond donors (Lipinski definition) is 3. The maximum absolute atomic E-state index is 12.0. The third kappa shape index (κ3) is 3.46. The third-order valence-electron chi connectivity index (χ3n) is 3.18. The van der Waals surface area contributed by atoms with E-state index in [1.165, 1.54) is 6.07 Å². The second kappa shape index (κ2) is 6.05. The molecule has 0 amide bonds. The number of sulfone groups is 1. The van der Waals surface area contributed by atoms with Crippen LogP contribution in [0.15, 0.2) is 47.4 Å². The van der Waals surface area contributed by atoms with Crippen molar-refractivity contribution in [1.29, 1.82) is 0 Å². The molecule has 0 atom stereocenters. The monoisotopic (exact) mass is 306 g/mol. The van der Waals surface area contributed by atoms with Crippen LogP contribution in [-0.2, 0) is 16.4 Å². The molecule has 0 aromatic heterocycles. The van der Waals surface area contributed by atoms with Crippen LogP contribution in [-0.4, -0.2) is 19.3 Å². The van der Waals surface area contributed by atoms with Crippen LogP contribution >= 0.6 is 0 Å². The van der Waals surface area contributed by atoms with Gasteiger partial charge >= 0.3 is 0 Å². The first-order chi connectivity index (χ1) is 9.94. The Hall–Kier alpha value is -2.21. The van der Waals surface area contributed by atoms with E-state index >= 15 is 0 Å². The first-order valence-corrected chi connectivity index (χ1v) is 8.22. The van der Waals surface area contributed by atoms with Crippen LogP contribution in [0.4, 0.5) is 11.4 Å². The lowest BCUT2D eigenvalue weighted by atomic mass is 10.1. The molecule has 0 unspecified atom stereocenters. The van der Waals surface area contributed by atoms with Crippen molar-refractivity contribution in [1.82, 2.24) is 0 Å². The van der Waals surface area contributed by atoms with Gasteiger partial charge in [-0.25, -0.2) is 8.42 Å². The molecule has 0 heterocycles. The number of nitrogen functional groups attached to an aromatic ring is 1. The minimum absolute atomic E-state index is 0.0369. The van der Waals surface area contributed by atoms with E-state index in [4.69, 9.17) is 5.73 Å². The van der Waals surface area contributed by atoms with E-state index in [0.717, 1.165) is 0 Å². The smallest absolute Gasteiger partial charge is 0.180 e. The van der Waals surface area contributed by atoms with Gasteiger partial charge in [-0.05, 0) is 30.3 Å². The van der Waals surface area contributed by atoms with Crippen LogP contribution in [0.2, 0.25) is 0 Å². The zero-order valence-electron chi connectivity index (χ0n) is 11.7. The summed E-state index contributed by atoms with van der Waals surface area (Å²) in [6.07, 6.45) is 0. The number of anilines is 2. The summed E-state index contributed by atoms with van der Waals surface area (Å²) in [5.74, 6) is 0.155. The van der Waals surface area contributed by atoms with Gasteiger partial charge in [-0.15, -0.1) is 0 Å². The Balaban J connectivity index is 2.27. The second-order valence-corrected chi connectivity index (χ2v) is 6.89. The average Bonchev–Trinajstić information content (AvgIpc) is 2.48. The summed E-state index contributed by atoms with van der Waals surface area (Å²) in [5.41, 5.74) is 7.35. The van der Waals surface area contributed by atoms with Crippen molar-refractivity contribution < 1.29 is 13.5 Å². The van der Waals surface area contributed by atoms with Crippen molar-refractivity contribution in [3.8, 4) is 5.75 Å². The first-order valence-electron chi connectivity index (χ1n) is 6.57. The quantitative estimate of drug-likeness (QED) is 0.582. The van der Waals surface area contributed by atoms with Gasteiger partial charge in [0.2, 0.25) is 0 Å². The highest BCUT2D eigenvalue weighted by atomic mass is 32.2. The van der Waals surface area contributed by atoms with Gasteiger partial charge in [-0.1, -0.05) is 19.1 Å². The summed E-state index contributed by atoms with van der Waals surface area (Å²) in [6, 6.07) is 11.5. The Labute approximate surface area is 124 Å². The van der Waals surface area contributed by atoms with Crippen molar-refractivity contribution in [2.45, 2.75) is 18.4 Å². The molecule has 6 heteroatoms. The van der Waals surface area contributed by atoms with E-state index in [9.17, 15) is 13.5 Å². The summed E-state index contributed by atoms with van der Waals surface area (Å²) in [6.45, 7) is 1.89. The number of phenols is 1. The minimum atomic E-state index is -3.30. The highest BCUT2D eigenvalue weighted by molar-refractivity contribution is 7.91. The van der Waals surface area contributed by atoms with Gasteiger partial charge in [0, 0.05) is 17.8 Å². The molecule has 0 spiro atoms. The molecule has 0 aliphatic rings. The number of rotatable bonds is 5. The molecule has 112 valence electrons. The molecule has 4 N–H and O–H groups in total. The predicted octanol–water partition coefficient (Wildman–Crippen LogP) is 2.38. The molecule has 0 bridgehead atoms. The van der Waals surface area contributed by atoms with Crippen LogP contribution < -0.4 is 11.1 Å². The van der Waals surface area contributed by atoms with Gasteiger partial charge < -0.3 is 16.2 Å². The van der Waals surface area contributed by atoms with Crippen LogP contribution in [0, 0.1) is 0 Å². The zero-order chi connectivity index (χ0) is 15.5. The number of para-hydroxylation sites is 1. The largest absolute Gasteiger partial charge is 0.508 e. The fourth-order valence-electron chi connectivity index (χ4n) is 1.98. The van der Waals surface area contributed by atoms with E-state index in [2.05, 4.69) is 5.32 Å². The van der Waals surface area contributed by atoms with Crippen LogP contribution in [0.25, 0.3) is 0 Å². The van der Waals surface area contributed by atoms with Gasteiger partial charge in [0.25, 0.3) is 0 Å². The molecular weight excluding hydrogens is 288 g/mol. The Morgan fingerprint density at radius 1 is 1.19 bits per heavy atom. The number of aromatic hydroxyl groups is 1. The molecule has 2 aromatic carbocycles. The fraction of sp³-hybridized carbons (Fsp3) is 0.200. The van der Waals surface area contributed by atoms with Gasteiger partial charge in [-0.2, -0.15) is 0 Å². The van der Waals surface area contributed by atoms with Crippen molar-refractivity contribution in [3.63, 3.8) is 0 Å². The number of benzene rings is 2. The predicted molar refractivity (Wildman–Crippen MR) is 84.0 cm³/mol. The van der Waals surface area contributed by atoms with Gasteiger partial charge in [0.1, 0.15) is 5.75 Å². The third-order valence-corrected chi connectivity index (χ3v) is 4.96. The molecular formula is C15H18N2O3S. The molecule has 21 heavy (non-hydrogen) atoms. The van der Waals surface area contributed by atoms with E-state index in [1.807, 2.05) is 0 Å². The number of nitrogens with two attached hydrogens (primary N) is 1. The number of nitrogens with one attached hydrogen (secondary N) is 1. The standard InChI is InChI=1S/C15H18N2O3S/c1-2-21(19,20)15-6-4-3-5-13(15)17-10-11-9-12(16)7-8-14(11)18/h3-9,17-18H,2,10,16H2,1H3. The Bertz CT molecular complexity index is 742. The fourth-order valence-corrected chi connectivity index (χ4v) is 3.05. The van der Waals surface area contributed by atoms with Gasteiger partial charge in [-0.3, -0.25) is 0 Å². The SMILES string of the molecule is CCS(=O)(=O)c1ccccc1NCc1cc(N)ccc1O. The number of phenolic OH excluding ortho intramolecular Hbond substituents is 1. The average molecular weight is 306 g/mol. The summed E-state index contributed by atoms with van der Waals surface area (Å²) in [5, 5.41) is 12.8. The molecule has 0 radical (unpaired) electrons. The highest BCUT2D eigenvalue weighted by Gasteiger charge is 2.16.